The zero-order valence-electron chi connectivity index (χ0n) is 18.3. The van der Waals surface area contributed by atoms with Gasteiger partial charge >= 0.3 is 12.4 Å². The molecule has 3 aliphatic heterocycles. The maximum Gasteiger partial charge on any atom is 0.417 e. The second-order valence-corrected chi connectivity index (χ2v) is 8.60. The van der Waals surface area contributed by atoms with E-state index in [9.17, 15) is 26.3 Å². The summed E-state index contributed by atoms with van der Waals surface area (Å²) in [4.78, 5) is 16.6. The largest absolute Gasteiger partial charge is 0.440 e. The van der Waals surface area contributed by atoms with Crippen LogP contribution in [0.1, 0.15) is 16.7 Å². The summed E-state index contributed by atoms with van der Waals surface area (Å²) in [6, 6.07) is 3.54. The van der Waals surface area contributed by atoms with Crippen LogP contribution in [0.25, 0.3) is 11.1 Å². The van der Waals surface area contributed by atoms with Crippen LogP contribution in [0.2, 0.25) is 0 Å². The molecule has 14 heteroatoms. The molecule has 4 aromatic rings. The van der Waals surface area contributed by atoms with Crippen LogP contribution in [0.4, 0.5) is 26.3 Å². The number of benzene rings is 2. The van der Waals surface area contributed by atoms with Gasteiger partial charge in [-0.2, -0.15) is 26.3 Å². The lowest BCUT2D eigenvalue weighted by atomic mass is 9.35. The van der Waals surface area contributed by atoms with Crippen molar-refractivity contribution in [3.8, 4) is 46.1 Å². The fraction of sp³-hybridized carbons (Fsp3) is 0.130. The molecule has 7 rings (SSSR count). The highest BCUT2D eigenvalue weighted by Gasteiger charge is 2.50. The molecule has 0 aliphatic carbocycles. The van der Waals surface area contributed by atoms with Gasteiger partial charge < -0.3 is 14.2 Å². The highest BCUT2D eigenvalue weighted by atomic mass is 19.4. The minimum Gasteiger partial charge on any atom is -0.440 e. The van der Waals surface area contributed by atoms with Gasteiger partial charge in [-0.15, -0.1) is 0 Å². The van der Waals surface area contributed by atoms with E-state index in [1.807, 2.05) is 0 Å². The Morgan fingerprint density at radius 3 is 1.89 bits per heavy atom. The van der Waals surface area contributed by atoms with Gasteiger partial charge in [-0.3, -0.25) is 0 Å². The van der Waals surface area contributed by atoms with Crippen LogP contribution in [0.3, 0.4) is 0 Å². The second-order valence-electron chi connectivity index (χ2n) is 8.60. The van der Waals surface area contributed by atoms with Crippen molar-refractivity contribution < 1.29 is 40.6 Å². The van der Waals surface area contributed by atoms with E-state index in [1.165, 1.54) is 31.7 Å². The molecule has 2 aromatic heterocycles. The molecule has 5 heterocycles. The Morgan fingerprint density at radius 2 is 1.30 bits per heavy atom. The predicted molar refractivity (Wildman–Crippen MR) is 116 cm³/mol. The molecular weight excluding hydrogens is 505 g/mol. The number of alkyl halides is 6. The molecular formula is C23H9BF6N4O3. The Bertz CT molecular complexity index is 1640. The van der Waals surface area contributed by atoms with Crippen molar-refractivity contribution in [1.29, 1.82) is 0 Å². The Hall–Kier alpha value is -4.36. The first-order valence-corrected chi connectivity index (χ1v) is 10.7. The number of nitrogens with zero attached hydrogens (tertiary/aromatic N) is 4. The fourth-order valence-corrected chi connectivity index (χ4v) is 5.06. The van der Waals surface area contributed by atoms with E-state index in [4.69, 9.17) is 14.2 Å². The summed E-state index contributed by atoms with van der Waals surface area (Å²) in [5, 5.41) is 0. The zero-order chi connectivity index (χ0) is 25.9. The standard InChI is InChI=1S/C23H9BF6N4O3/c1-8-4-9(22(25,26)27)5-11(23(28,29)30)13(8)10-2-3-12-14-17(10)36-19-16-21(34-7-32-19)37-20-15(24(14)16)18(35-12)31-6-33-20/h2-7H,1H3. The first-order chi connectivity index (χ1) is 17.5. The van der Waals surface area contributed by atoms with Crippen LogP contribution >= 0.6 is 0 Å². The van der Waals surface area contributed by atoms with Gasteiger partial charge in [0.25, 0.3) is 6.71 Å². The molecule has 0 atom stereocenters. The van der Waals surface area contributed by atoms with E-state index >= 15 is 0 Å². The number of hydrogen-bond donors (Lipinski definition) is 0. The van der Waals surface area contributed by atoms with Gasteiger partial charge in [0.2, 0.25) is 23.5 Å². The molecule has 0 saturated carbocycles. The summed E-state index contributed by atoms with van der Waals surface area (Å²) >= 11 is 0. The quantitative estimate of drug-likeness (QED) is 0.241. The van der Waals surface area contributed by atoms with Crippen LogP contribution in [0, 0.1) is 6.92 Å². The SMILES string of the molecule is Cc1cc(C(F)(F)F)cc(C(F)(F)F)c1-c1ccc2c3c1Oc1ncnc4c1B3c1c(ncnc1O4)O2. The normalized spacial score (nSPS) is 14.4. The maximum absolute atomic E-state index is 14.2. The van der Waals surface area contributed by atoms with Gasteiger partial charge in [-0.05, 0) is 36.8 Å². The van der Waals surface area contributed by atoms with Crippen LogP contribution in [0.5, 0.6) is 35.0 Å². The summed E-state index contributed by atoms with van der Waals surface area (Å²) in [5.74, 6) is 0.735. The third kappa shape index (κ3) is 2.98. The van der Waals surface area contributed by atoms with E-state index in [0.717, 1.165) is 0 Å². The maximum atomic E-state index is 14.2. The van der Waals surface area contributed by atoms with Gasteiger partial charge in [0.15, 0.2) is 0 Å². The van der Waals surface area contributed by atoms with E-state index < -0.39 is 35.8 Å². The molecule has 0 saturated heterocycles. The third-order valence-electron chi connectivity index (χ3n) is 6.48. The number of rotatable bonds is 1. The lowest BCUT2D eigenvalue weighted by Gasteiger charge is -2.35. The summed E-state index contributed by atoms with van der Waals surface area (Å²) in [5.41, 5.74) is -2.41. The molecule has 0 unspecified atom stereocenters. The predicted octanol–water partition coefficient (Wildman–Crippen LogP) is 4.11. The van der Waals surface area contributed by atoms with Gasteiger partial charge in [0, 0.05) is 16.6 Å². The topological polar surface area (TPSA) is 79.3 Å². The van der Waals surface area contributed by atoms with Gasteiger partial charge in [0.05, 0.1) is 22.1 Å². The van der Waals surface area contributed by atoms with Crippen molar-refractivity contribution in [2.75, 3.05) is 0 Å². The average Bonchev–Trinajstić information content (AvgIpc) is 2.83. The van der Waals surface area contributed by atoms with Crippen LogP contribution < -0.4 is 30.6 Å². The lowest BCUT2D eigenvalue weighted by Crippen LogP contribution is -2.60. The van der Waals surface area contributed by atoms with E-state index in [2.05, 4.69) is 19.9 Å². The minimum absolute atomic E-state index is 0.0291. The molecule has 0 amide bonds. The summed E-state index contributed by atoms with van der Waals surface area (Å²) in [6.45, 7) is 0.498. The third-order valence-corrected chi connectivity index (χ3v) is 6.48. The van der Waals surface area contributed by atoms with Crippen molar-refractivity contribution in [1.82, 2.24) is 19.9 Å². The summed E-state index contributed by atoms with van der Waals surface area (Å²) in [6.07, 6.45) is -7.65. The number of hydrogen-bond acceptors (Lipinski definition) is 7. The minimum atomic E-state index is -5.09. The Balaban J connectivity index is 1.54. The van der Waals surface area contributed by atoms with Crippen molar-refractivity contribution in [2.24, 2.45) is 0 Å². The van der Waals surface area contributed by atoms with E-state index in [1.54, 1.807) is 0 Å². The van der Waals surface area contributed by atoms with E-state index in [-0.39, 0.29) is 52.2 Å². The van der Waals surface area contributed by atoms with Gasteiger partial charge in [-0.1, -0.05) is 0 Å². The first kappa shape index (κ1) is 21.9. The van der Waals surface area contributed by atoms with Crippen molar-refractivity contribution in [2.45, 2.75) is 19.3 Å². The molecule has 7 nitrogen and oxygen atoms in total. The van der Waals surface area contributed by atoms with Crippen LogP contribution in [-0.2, 0) is 12.4 Å². The zero-order valence-corrected chi connectivity index (χ0v) is 18.3. The van der Waals surface area contributed by atoms with Crippen molar-refractivity contribution in [3.63, 3.8) is 0 Å². The highest BCUT2D eigenvalue weighted by molar-refractivity contribution is 6.99. The number of aryl methyl sites for hydroxylation is 1. The number of aromatic nitrogens is 4. The summed E-state index contributed by atoms with van der Waals surface area (Å²) < 4.78 is 100. The molecule has 0 radical (unpaired) electrons. The van der Waals surface area contributed by atoms with Crippen LogP contribution in [0.15, 0.2) is 36.9 Å². The number of ether oxygens (including phenoxy) is 3. The molecule has 184 valence electrons. The molecule has 0 bridgehead atoms. The smallest absolute Gasteiger partial charge is 0.417 e. The van der Waals surface area contributed by atoms with E-state index in [0.29, 0.717) is 22.5 Å². The van der Waals surface area contributed by atoms with Crippen molar-refractivity contribution in [3.05, 3.63) is 53.6 Å². The second kappa shape index (κ2) is 6.90. The molecule has 0 spiro atoms. The van der Waals surface area contributed by atoms with Gasteiger partial charge in [0.1, 0.15) is 24.2 Å². The Labute approximate surface area is 203 Å². The fourth-order valence-electron chi connectivity index (χ4n) is 5.06. The lowest BCUT2D eigenvalue weighted by molar-refractivity contribution is -0.142. The Kier molecular flexibility index (Phi) is 4.08. The monoisotopic (exact) mass is 514 g/mol. The summed E-state index contributed by atoms with van der Waals surface area (Å²) in [7, 11) is 0. The van der Waals surface area contributed by atoms with Crippen LogP contribution in [-0.4, -0.2) is 26.6 Å². The number of halogens is 6. The first-order valence-electron chi connectivity index (χ1n) is 10.7. The van der Waals surface area contributed by atoms with Gasteiger partial charge in [-0.25, -0.2) is 19.9 Å². The molecule has 2 aromatic carbocycles. The molecule has 0 N–H and O–H groups in total. The molecule has 3 aliphatic rings. The van der Waals surface area contributed by atoms with Crippen molar-refractivity contribution >= 4 is 23.1 Å². The molecule has 37 heavy (non-hydrogen) atoms. The Morgan fingerprint density at radius 1 is 0.703 bits per heavy atom. The average molecular weight is 514 g/mol. The highest BCUT2D eigenvalue weighted by Crippen LogP contribution is 2.48. The molecule has 0 fully saturated rings.